The first-order valence-electron chi connectivity index (χ1n) is 10.7. The monoisotopic (exact) mass is 437 g/mol. The van der Waals surface area contributed by atoms with Crippen molar-refractivity contribution in [2.45, 2.75) is 38.0 Å². The fourth-order valence-corrected chi connectivity index (χ4v) is 4.64. The summed E-state index contributed by atoms with van der Waals surface area (Å²) in [6.07, 6.45) is 1.00. The maximum Gasteiger partial charge on any atom is 0.225 e. The molecule has 0 radical (unpaired) electrons. The summed E-state index contributed by atoms with van der Waals surface area (Å²) in [5.74, 6) is 1.11. The van der Waals surface area contributed by atoms with E-state index in [1.807, 2.05) is 25.1 Å². The number of hydrogen-bond donors (Lipinski definition) is 2. The van der Waals surface area contributed by atoms with Gasteiger partial charge >= 0.3 is 0 Å². The summed E-state index contributed by atoms with van der Waals surface area (Å²) >= 11 is 0. The molecule has 2 aliphatic rings. The van der Waals surface area contributed by atoms with E-state index in [4.69, 9.17) is 14.2 Å². The molecule has 2 aromatic rings. The van der Waals surface area contributed by atoms with Crippen molar-refractivity contribution in [3.8, 4) is 23.0 Å². The smallest absolute Gasteiger partial charge is 0.225 e. The standard InChI is InChI=1S/C25H27NO6/c1-4-32-23-11-14(5-7-20(23)27)18-13-24(29)26-19-9-15(10-21(28)25(18)19)17-12-16(30-2)6-8-22(17)31-3/h5-8,11-12,15,18,27H,4,9-10,13H2,1-3H3,(H,26,29)/t15-,18+/m0/s1. The number of carbonyl (C=O) groups excluding carboxylic acids is 2. The second-order valence-electron chi connectivity index (χ2n) is 7.99. The summed E-state index contributed by atoms with van der Waals surface area (Å²) in [5.41, 5.74) is 2.95. The summed E-state index contributed by atoms with van der Waals surface area (Å²) in [6.45, 7) is 2.23. The van der Waals surface area contributed by atoms with Crippen LogP contribution in [0.15, 0.2) is 47.7 Å². The third-order valence-electron chi connectivity index (χ3n) is 6.10. The van der Waals surface area contributed by atoms with Gasteiger partial charge in [0.1, 0.15) is 11.5 Å². The number of ketones is 1. The molecule has 2 N–H and O–H groups in total. The maximum atomic E-state index is 13.4. The topological polar surface area (TPSA) is 94.1 Å². The number of aromatic hydroxyl groups is 1. The Morgan fingerprint density at radius 2 is 1.81 bits per heavy atom. The van der Waals surface area contributed by atoms with Gasteiger partial charge in [0.05, 0.1) is 20.8 Å². The van der Waals surface area contributed by atoms with Gasteiger partial charge in [0.25, 0.3) is 0 Å². The van der Waals surface area contributed by atoms with E-state index < -0.39 is 0 Å². The number of nitrogens with one attached hydrogen (secondary N) is 1. The minimum atomic E-state index is -0.376. The normalized spacial score (nSPS) is 20.5. The van der Waals surface area contributed by atoms with Gasteiger partial charge in [-0.1, -0.05) is 6.07 Å². The van der Waals surface area contributed by atoms with Crippen molar-refractivity contribution in [3.05, 3.63) is 58.8 Å². The van der Waals surface area contributed by atoms with Crippen LogP contribution in [-0.2, 0) is 9.59 Å². The lowest BCUT2D eigenvalue weighted by molar-refractivity contribution is -0.122. The Morgan fingerprint density at radius 3 is 2.53 bits per heavy atom. The van der Waals surface area contributed by atoms with Gasteiger partial charge in [-0.3, -0.25) is 9.59 Å². The summed E-state index contributed by atoms with van der Waals surface area (Å²) in [5, 5.41) is 13.0. The zero-order chi connectivity index (χ0) is 22.8. The molecule has 32 heavy (non-hydrogen) atoms. The van der Waals surface area contributed by atoms with Crippen molar-refractivity contribution in [3.63, 3.8) is 0 Å². The van der Waals surface area contributed by atoms with Gasteiger partial charge in [0.15, 0.2) is 17.3 Å². The Morgan fingerprint density at radius 1 is 1.00 bits per heavy atom. The molecule has 1 amide bonds. The number of benzene rings is 2. The van der Waals surface area contributed by atoms with Gasteiger partial charge in [-0.15, -0.1) is 0 Å². The van der Waals surface area contributed by atoms with Crippen LogP contribution < -0.4 is 19.5 Å². The van der Waals surface area contributed by atoms with Crippen LogP contribution in [0.4, 0.5) is 0 Å². The number of carbonyl (C=O) groups is 2. The first-order chi connectivity index (χ1) is 15.4. The van der Waals surface area contributed by atoms with E-state index in [0.717, 1.165) is 11.1 Å². The molecule has 0 aromatic heterocycles. The van der Waals surface area contributed by atoms with Gasteiger partial charge in [-0.05, 0) is 49.2 Å². The second-order valence-corrected chi connectivity index (χ2v) is 7.99. The molecule has 0 saturated heterocycles. The zero-order valence-electron chi connectivity index (χ0n) is 18.4. The number of allylic oxidation sites excluding steroid dienone is 2. The molecule has 0 saturated carbocycles. The highest BCUT2D eigenvalue weighted by atomic mass is 16.5. The lowest BCUT2D eigenvalue weighted by atomic mass is 9.73. The second kappa shape index (κ2) is 8.94. The van der Waals surface area contributed by atoms with E-state index in [1.54, 1.807) is 32.4 Å². The van der Waals surface area contributed by atoms with Gasteiger partial charge in [0.2, 0.25) is 5.91 Å². The number of phenolic OH excluding ortho intramolecular Hbond substituents is 1. The molecule has 0 bridgehead atoms. The maximum absolute atomic E-state index is 13.4. The van der Waals surface area contributed by atoms with Gasteiger partial charge in [-0.2, -0.15) is 0 Å². The molecule has 2 aromatic carbocycles. The number of Topliss-reactive ketones (excluding diaryl/α,β-unsaturated/α-hetero) is 1. The average Bonchev–Trinajstić information content (AvgIpc) is 2.79. The van der Waals surface area contributed by atoms with Crippen molar-refractivity contribution in [1.29, 1.82) is 0 Å². The molecular formula is C25H27NO6. The number of phenols is 1. The summed E-state index contributed by atoms with van der Waals surface area (Å²) < 4.78 is 16.4. The number of methoxy groups -OCH3 is 2. The summed E-state index contributed by atoms with van der Waals surface area (Å²) in [6, 6.07) is 10.5. The number of rotatable bonds is 6. The highest BCUT2D eigenvalue weighted by molar-refractivity contribution is 6.02. The highest BCUT2D eigenvalue weighted by Gasteiger charge is 2.39. The minimum Gasteiger partial charge on any atom is -0.504 e. The van der Waals surface area contributed by atoms with E-state index in [2.05, 4.69) is 5.32 Å². The highest BCUT2D eigenvalue weighted by Crippen LogP contribution is 2.45. The molecule has 1 heterocycles. The fraction of sp³-hybridized carbons (Fsp3) is 0.360. The lowest BCUT2D eigenvalue weighted by Crippen LogP contribution is -2.38. The molecule has 7 heteroatoms. The van der Waals surface area contributed by atoms with Gasteiger partial charge < -0.3 is 24.6 Å². The van der Waals surface area contributed by atoms with Crippen molar-refractivity contribution in [1.82, 2.24) is 5.32 Å². The van der Waals surface area contributed by atoms with E-state index in [0.29, 0.717) is 48.0 Å². The quantitative estimate of drug-likeness (QED) is 0.714. The third-order valence-corrected chi connectivity index (χ3v) is 6.10. The number of hydrogen-bond acceptors (Lipinski definition) is 6. The van der Waals surface area contributed by atoms with Crippen molar-refractivity contribution < 1.29 is 28.9 Å². The minimum absolute atomic E-state index is 0.00263. The molecule has 0 fully saturated rings. The van der Waals surface area contributed by atoms with Crippen LogP contribution in [0.1, 0.15) is 49.1 Å². The van der Waals surface area contributed by atoms with Crippen LogP contribution >= 0.6 is 0 Å². The van der Waals surface area contributed by atoms with E-state index in [-0.39, 0.29) is 35.7 Å². The summed E-state index contributed by atoms with van der Waals surface area (Å²) in [7, 11) is 3.19. The SMILES string of the molecule is CCOc1cc([C@H]2CC(=O)NC3=C2C(=O)C[C@@H](c2cc(OC)ccc2OC)C3)ccc1O. The molecule has 4 rings (SSSR count). The third kappa shape index (κ3) is 4.02. The Hall–Kier alpha value is -3.48. The van der Waals surface area contributed by atoms with E-state index in [9.17, 15) is 14.7 Å². The molecular weight excluding hydrogens is 410 g/mol. The molecule has 0 spiro atoms. The van der Waals surface area contributed by atoms with Crippen LogP contribution in [0.3, 0.4) is 0 Å². The largest absolute Gasteiger partial charge is 0.504 e. The Balaban J connectivity index is 1.72. The van der Waals surface area contributed by atoms with Gasteiger partial charge in [-0.25, -0.2) is 0 Å². The van der Waals surface area contributed by atoms with Crippen LogP contribution in [0, 0.1) is 0 Å². The van der Waals surface area contributed by atoms with E-state index in [1.165, 1.54) is 0 Å². The first kappa shape index (κ1) is 21.7. The average molecular weight is 437 g/mol. The van der Waals surface area contributed by atoms with E-state index >= 15 is 0 Å². The van der Waals surface area contributed by atoms with Crippen molar-refractivity contribution in [2.24, 2.45) is 0 Å². The Bertz CT molecular complexity index is 1090. The molecule has 1 aliphatic heterocycles. The molecule has 2 atom stereocenters. The molecule has 7 nitrogen and oxygen atoms in total. The molecule has 0 unspecified atom stereocenters. The molecule has 1 aliphatic carbocycles. The van der Waals surface area contributed by atoms with Crippen LogP contribution in [-0.4, -0.2) is 37.6 Å². The van der Waals surface area contributed by atoms with Crippen LogP contribution in [0.5, 0.6) is 23.0 Å². The van der Waals surface area contributed by atoms with Gasteiger partial charge in [0, 0.05) is 41.5 Å². The molecule has 168 valence electrons. The predicted molar refractivity (Wildman–Crippen MR) is 118 cm³/mol. The fourth-order valence-electron chi connectivity index (χ4n) is 4.64. The predicted octanol–water partition coefficient (Wildman–Crippen LogP) is 3.81. The lowest BCUT2D eigenvalue weighted by Gasteiger charge is -2.35. The van der Waals surface area contributed by atoms with Crippen molar-refractivity contribution in [2.75, 3.05) is 20.8 Å². The van der Waals surface area contributed by atoms with Crippen molar-refractivity contribution >= 4 is 11.7 Å². The summed E-state index contributed by atoms with van der Waals surface area (Å²) in [4.78, 5) is 25.9. The first-order valence-corrected chi connectivity index (χ1v) is 10.7. The van der Waals surface area contributed by atoms with Crippen LogP contribution in [0.2, 0.25) is 0 Å². The number of amides is 1. The Kier molecular flexibility index (Phi) is 6.08. The Labute approximate surface area is 187 Å². The van der Waals surface area contributed by atoms with Crippen LogP contribution in [0.25, 0.3) is 0 Å². The number of ether oxygens (including phenoxy) is 3. The zero-order valence-corrected chi connectivity index (χ0v) is 18.4.